The molecule has 0 aliphatic heterocycles. The molecule has 0 aliphatic carbocycles. The fraction of sp³-hybridized carbons (Fsp3) is 0.826. The predicted molar refractivity (Wildman–Crippen MR) is 126 cm³/mol. The van der Waals surface area contributed by atoms with Crippen molar-refractivity contribution in [2.75, 3.05) is 6.61 Å². The van der Waals surface area contributed by atoms with E-state index in [1.807, 2.05) is 0 Å². The standard InChI is InChI=1S/C11H21OSi.3C4H9.Sn/c1-7-8-9-10-12-13(5,6)11(2,3)4;3*1-3-4-2;/h1,7-9H,10H2,2-6H3;3*1,3-4H2,2H3;/b7-1?,9-8+;;;;. The SMILES string of the molecule is CCC[CH2][Sn](/[CH]=C/C=C/CO[Si](C)(C)C(C)(C)C)([CH2]CCC)[CH2]CCC. The van der Waals surface area contributed by atoms with Gasteiger partial charge in [-0.3, -0.25) is 0 Å². The van der Waals surface area contributed by atoms with Crippen molar-refractivity contribution in [1.82, 2.24) is 0 Å². The van der Waals surface area contributed by atoms with Gasteiger partial charge in [0.15, 0.2) is 0 Å². The van der Waals surface area contributed by atoms with Crippen LogP contribution in [-0.4, -0.2) is 33.3 Å². The zero-order chi connectivity index (χ0) is 20.1. The summed E-state index contributed by atoms with van der Waals surface area (Å²) in [7, 11) is -1.62. The van der Waals surface area contributed by atoms with Gasteiger partial charge in [0.1, 0.15) is 0 Å². The molecule has 0 unspecified atom stereocenters. The summed E-state index contributed by atoms with van der Waals surface area (Å²) in [5, 5.41) is 0.294. The summed E-state index contributed by atoms with van der Waals surface area (Å²) in [6.45, 7) is 19.4. The van der Waals surface area contributed by atoms with E-state index in [0.29, 0.717) is 5.04 Å². The molecule has 154 valence electrons. The van der Waals surface area contributed by atoms with Crippen LogP contribution in [0, 0.1) is 0 Å². The van der Waals surface area contributed by atoms with E-state index in [9.17, 15) is 0 Å². The van der Waals surface area contributed by atoms with Gasteiger partial charge in [-0.05, 0) is 0 Å². The Hall–Kier alpha value is 0.456. The van der Waals surface area contributed by atoms with Gasteiger partial charge in [-0.2, -0.15) is 0 Å². The number of allylic oxidation sites excluding steroid dienone is 2. The molecule has 0 spiro atoms. The second-order valence-corrected chi connectivity index (χ2v) is 27.4. The zero-order valence-corrected chi connectivity index (χ0v) is 23.1. The molecule has 0 N–H and O–H groups in total. The monoisotopic (exact) mass is 488 g/mol. The molecule has 3 heteroatoms. The predicted octanol–water partition coefficient (Wildman–Crippen LogP) is 8.51. The van der Waals surface area contributed by atoms with Gasteiger partial charge in [-0.15, -0.1) is 0 Å². The first-order valence-electron chi connectivity index (χ1n) is 11.1. The first-order chi connectivity index (χ1) is 12.1. The minimum absolute atomic E-state index is 0.294. The van der Waals surface area contributed by atoms with Crippen LogP contribution in [0.1, 0.15) is 80.1 Å². The summed E-state index contributed by atoms with van der Waals surface area (Å²) in [5.41, 5.74) is 0. The quantitative estimate of drug-likeness (QED) is 0.176. The Kier molecular flexibility index (Phi) is 13.8. The fourth-order valence-electron chi connectivity index (χ4n) is 3.08. The van der Waals surface area contributed by atoms with Gasteiger partial charge >= 0.3 is 172 Å². The van der Waals surface area contributed by atoms with Crippen LogP contribution < -0.4 is 0 Å². The fourth-order valence-corrected chi connectivity index (χ4v) is 18.1. The van der Waals surface area contributed by atoms with Crippen LogP contribution in [0.2, 0.25) is 31.4 Å². The summed E-state index contributed by atoms with van der Waals surface area (Å²) in [5.74, 6) is 0. The molecule has 0 bridgehead atoms. The Labute approximate surface area is 171 Å². The van der Waals surface area contributed by atoms with Crippen LogP contribution >= 0.6 is 0 Å². The molecule has 26 heavy (non-hydrogen) atoms. The van der Waals surface area contributed by atoms with Crippen molar-refractivity contribution in [2.24, 2.45) is 0 Å². The Balaban J connectivity index is 4.85. The molecule has 0 aliphatic rings. The zero-order valence-electron chi connectivity index (χ0n) is 19.3. The van der Waals surface area contributed by atoms with Gasteiger partial charge in [0.2, 0.25) is 0 Å². The van der Waals surface area contributed by atoms with Crippen LogP contribution in [-0.2, 0) is 4.43 Å². The Morgan fingerprint density at radius 1 is 0.808 bits per heavy atom. The third kappa shape index (κ3) is 10.7. The van der Waals surface area contributed by atoms with Gasteiger partial charge in [0.25, 0.3) is 0 Å². The van der Waals surface area contributed by atoms with Crippen molar-refractivity contribution in [3.8, 4) is 0 Å². The van der Waals surface area contributed by atoms with Crippen molar-refractivity contribution < 1.29 is 4.43 Å². The molecule has 0 aromatic heterocycles. The van der Waals surface area contributed by atoms with Crippen LogP contribution in [0.25, 0.3) is 0 Å². The topological polar surface area (TPSA) is 9.23 Å². The molecule has 0 rings (SSSR count). The van der Waals surface area contributed by atoms with E-state index in [0.717, 1.165) is 6.61 Å². The average Bonchev–Trinajstić information content (AvgIpc) is 2.57. The summed E-state index contributed by atoms with van der Waals surface area (Å²) in [4.78, 5) is 0. The average molecular weight is 487 g/mol. The molecule has 0 aromatic rings. The normalized spacial score (nSPS) is 14.0. The van der Waals surface area contributed by atoms with E-state index in [2.05, 4.69) is 77.0 Å². The number of hydrogen-bond acceptors (Lipinski definition) is 1. The van der Waals surface area contributed by atoms with E-state index < -0.39 is 26.7 Å². The Bertz CT molecular complexity index is 385. The molecule has 0 atom stereocenters. The maximum atomic E-state index is 6.26. The van der Waals surface area contributed by atoms with Gasteiger partial charge in [0.05, 0.1) is 0 Å². The Morgan fingerprint density at radius 3 is 1.65 bits per heavy atom. The van der Waals surface area contributed by atoms with Crippen LogP contribution in [0.3, 0.4) is 0 Å². The van der Waals surface area contributed by atoms with E-state index in [1.54, 1.807) is 13.3 Å². The third-order valence-corrected chi connectivity index (χ3v) is 24.7. The third-order valence-electron chi connectivity index (χ3n) is 6.13. The van der Waals surface area contributed by atoms with E-state index >= 15 is 0 Å². The van der Waals surface area contributed by atoms with Gasteiger partial charge < -0.3 is 0 Å². The molecule has 1 nitrogen and oxygen atoms in total. The first-order valence-corrected chi connectivity index (χ1v) is 21.7. The van der Waals surface area contributed by atoms with Gasteiger partial charge in [0, 0.05) is 0 Å². The van der Waals surface area contributed by atoms with Crippen molar-refractivity contribution in [2.45, 2.75) is 112 Å². The van der Waals surface area contributed by atoms with Crippen molar-refractivity contribution in [3.05, 3.63) is 22.3 Å². The minimum atomic E-state index is -2.10. The molecule has 0 saturated carbocycles. The molecular formula is C23H48OSiSn. The van der Waals surface area contributed by atoms with Gasteiger partial charge in [-0.25, -0.2) is 0 Å². The van der Waals surface area contributed by atoms with E-state index in [-0.39, 0.29) is 0 Å². The molecular weight excluding hydrogens is 439 g/mol. The van der Waals surface area contributed by atoms with E-state index in [4.69, 9.17) is 4.43 Å². The van der Waals surface area contributed by atoms with Crippen LogP contribution in [0.4, 0.5) is 0 Å². The summed E-state index contributed by atoms with van der Waals surface area (Å²) < 4.78 is 13.6. The van der Waals surface area contributed by atoms with Crippen LogP contribution in [0.5, 0.6) is 0 Å². The van der Waals surface area contributed by atoms with Crippen molar-refractivity contribution in [3.63, 3.8) is 0 Å². The second kappa shape index (κ2) is 13.6. The first kappa shape index (κ1) is 26.5. The summed E-state index contributed by atoms with van der Waals surface area (Å²) >= 11 is -2.10. The van der Waals surface area contributed by atoms with E-state index in [1.165, 1.54) is 38.5 Å². The van der Waals surface area contributed by atoms with Gasteiger partial charge in [-0.1, -0.05) is 0 Å². The van der Waals surface area contributed by atoms with Crippen molar-refractivity contribution >= 4 is 26.7 Å². The van der Waals surface area contributed by atoms with Crippen LogP contribution in [0.15, 0.2) is 22.3 Å². The number of unbranched alkanes of at least 4 members (excludes halogenated alkanes) is 3. The second-order valence-electron chi connectivity index (χ2n) is 9.53. The summed E-state index contributed by atoms with van der Waals surface area (Å²) in [6.07, 6.45) is 15.2. The molecule has 0 saturated heterocycles. The molecule has 0 heterocycles. The molecule has 0 amide bonds. The van der Waals surface area contributed by atoms with Crippen molar-refractivity contribution in [1.29, 1.82) is 0 Å². The molecule has 0 radical (unpaired) electrons. The number of hydrogen-bond donors (Lipinski definition) is 0. The molecule has 0 aromatic carbocycles. The number of rotatable bonds is 14. The molecule has 0 fully saturated rings. The summed E-state index contributed by atoms with van der Waals surface area (Å²) in [6, 6.07) is 0. The Morgan fingerprint density at radius 2 is 1.27 bits per heavy atom. The maximum absolute atomic E-state index is 6.26.